The van der Waals surface area contributed by atoms with Gasteiger partial charge in [0.25, 0.3) is 5.91 Å². The van der Waals surface area contributed by atoms with Gasteiger partial charge in [-0.15, -0.1) is 0 Å². The van der Waals surface area contributed by atoms with Gasteiger partial charge >= 0.3 is 5.51 Å². The summed E-state index contributed by atoms with van der Waals surface area (Å²) in [6, 6.07) is 13.7. The molecular weight excluding hydrogens is 752 g/mol. The number of carbonyl (C=O) groups excluding carboxylic acids is 6. The summed E-state index contributed by atoms with van der Waals surface area (Å²) in [7, 11) is -6.36. The Balaban J connectivity index is 0.00000109. The topological polar surface area (TPSA) is 296 Å². The fraction of sp³-hybridized carbons (Fsp3) is 0.367. The molecule has 0 spiro atoms. The number of nitrogens with two attached hydrogens (primary N) is 2. The van der Waals surface area contributed by atoms with Gasteiger partial charge in [-0.05, 0) is 37.1 Å². The molecule has 1 aliphatic heterocycles. The third-order valence-electron chi connectivity index (χ3n) is 6.77. The SMILES string of the molecule is C[S+](Cc1ccc2cc1C(=O)NCC(=O)NCC(=O)NCC(=O)NCC(=O)N[C@@H](CCCN=C(N)N)C(=O)N2)c1ccccc1.O=S(=O)([O-])C(F)(F)F. The molecule has 0 fully saturated rings. The minimum Gasteiger partial charge on any atom is -0.741 e. The molecule has 53 heavy (non-hydrogen) atoms. The molecule has 1 heterocycles. The second-order valence-corrected chi connectivity index (χ2v) is 14.3. The van der Waals surface area contributed by atoms with E-state index in [1.165, 1.54) is 6.07 Å². The van der Waals surface area contributed by atoms with E-state index in [-0.39, 0.29) is 41.1 Å². The van der Waals surface area contributed by atoms with Crippen molar-refractivity contribution in [1.29, 1.82) is 0 Å². The van der Waals surface area contributed by atoms with Crippen LogP contribution < -0.4 is 43.4 Å². The van der Waals surface area contributed by atoms with Crippen LogP contribution in [0, 0.1) is 0 Å². The summed E-state index contributed by atoms with van der Waals surface area (Å²) < 4.78 is 58.9. The lowest BCUT2D eigenvalue weighted by Crippen LogP contribution is -2.49. The van der Waals surface area contributed by atoms with Crippen LogP contribution in [-0.2, 0) is 50.7 Å². The number of benzene rings is 2. The normalized spacial score (nSPS) is 17.2. The molecule has 0 aromatic heterocycles. The van der Waals surface area contributed by atoms with Crippen molar-refractivity contribution < 1.29 is 54.9 Å². The van der Waals surface area contributed by atoms with E-state index < -0.39 is 83.3 Å². The molecule has 0 radical (unpaired) electrons. The van der Waals surface area contributed by atoms with Gasteiger partial charge in [0.05, 0.1) is 26.2 Å². The Hall–Kier alpha value is -5.42. The first kappa shape index (κ1) is 43.7. The first-order valence-electron chi connectivity index (χ1n) is 15.3. The molecule has 0 saturated carbocycles. The second-order valence-electron chi connectivity index (χ2n) is 10.9. The number of guanidine groups is 1. The lowest BCUT2D eigenvalue weighted by atomic mass is 10.1. The van der Waals surface area contributed by atoms with Gasteiger partial charge in [0.2, 0.25) is 29.5 Å². The fourth-order valence-electron chi connectivity index (χ4n) is 4.19. The van der Waals surface area contributed by atoms with Gasteiger partial charge < -0.3 is 47.9 Å². The van der Waals surface area contributed by atoms with Crippen molar-refractivity contribution >= 4 is 68.1 Å². The van der Waals surface area contributed by atoms with Crippen LogP contribution in [0.4, 0.5) is 18.9 Å². The molecule has 18 nitrogen and oxygen atoms in total. The first-order valence-corrected chi connectivity index (χ1v) is 18.5. The summed E-state index contributed by atoms with van der Waals surface area (Å²) >= 11 is 0. The van der Waals surface area contributed by atoms with E-state index in [1.807, 2.05) is 30.3 Å². The average Bonchev–Trinajstić information content (AvgIpc) is 3.09. The Bertz CT molecular complexity index is 1780. The molecular formula is C30H38F3N9O9S2. The largest absolute Gasteiger partial charge is 0.741 e. The molecule has 3 rings (SSSR count). The van der Waals surface area contributed by atoms with Gasteiger partial charge in [-0.3, -0.25) is 33.8 Å². The van der Waals surface area contributed by atoms with Crippen LogP contribution in [0.5, 0.6) is 0 Å². The van der Waals surface area contributed by atoms with Gasteiger partial charge in [-0.25, -0.2) is 8.42 Å². The van der Waals surface area contributed by atoms with Crippen LogP contribution >= 0.6 is 0 Å². The molecule has 2 atom stereocenters. The van der Waals surface area contributed by atoms with Gasteiger partial charge in [0.1, 0.15) is 18.1 Å². The zero-order chi connectivity index (χ0) is 39.8. The number of anilines is 1. The molecule has 2 aromatic carbocycles. The Kier molecular flexibility index (Phi) is 17.0. The molecule has 1 unspecified atom stereocenters. The van der Waals surface area contributed by atoms with Crippen molar-refractivity contribution in [2.45, 2.75) is 35.0 Å². The van der Waals surface area contributed by atoms with E-state index >= 15 is 0 Å². The van der Waals surface area contributed by atoms with Crippen LogP contribution in [0.2, 0.25) is 0 Å². The maximum absolute atomic E-state index is 13.3. The highest BCUT2D eigenvalue weighted by Crippen LogP contribution is 2.23. The van der Waals surface area contributed by atoms with E-state index in [4.69, 9.17) is 24.4 Å². The standard InChI is InChI=1S/C29H37N9O6S.CHF3O3S/c1-45(20-6-3-2-4-7-20)17-18-9-10-19-12-21(18)27(43)36-15-25(41)34-13-23(39)33-14-24(40)35-16-26(42)38-22(28(44)37-19)8-5-11-32-29(30)31;2-1(3,4)8(5,6)7/h2-4,6-7,9-10,12,22H,5,8,11,13-17H2,1H3,(H9-,30,31,32,33,34,35,36,37,38,39,40,41,42,43,44);(H,5,6,7)/t22-,45?;/m0./s1. The van der Waals surface area contributed by atoms with Crippen LogP contribution in [0.15, 0.2) is 58.4 Å². The van der Waals surface area contributed by atoms with Gasteiger partial charge in [0.15, 0.2) is 21.0 Å². The van der Waals surface area contributed by atoms with Gasteiger partial charge in [-0.2, -0.15) is 13.2 Å². The molecule has 6 amide bonds. The number of amides is 6. The lowest BCUT2D eigenvalue weighted by molar-refractivity contribution is -0.129. The number of rotatable bonds is 7. The van der Waals surface area contributed by atoms with Crippen molar-refractivity contribution in [3.63, 3.8) is 0 Å². The molecule has 2 aromatic rings. The fourth-order valence-corrected chi connectivity index (χ4v) is 5.69. The maximum Gasteiger partial charge on any atom is 0.485 e. The van der Waals surface area contributed by atoms with E-state index in [0.29, 0.717) is 17.7 Å². The van der Waals surface area contributed by atoms with Crippen LogP contribution in [0.3, 0.4) is 0 Å². The van der Waals surface area contributed by atoms with Crippen molar-refractivity contribution in [3.8, 4) is 0 Å². The average molecular weight is 790 g/mol. The Morgan fingerprint density at radius 1 is 0.868 bits per heavy atom. The van der Waals surface area contributed by atoms with Crippen molar-refractivity contribution in [1.82, 2.24) is 26.6 Å². The van der Waals surface area contributed by atoms with Crippen molar-refractivity contribution in [2.24, 2.45) is 16.5 Å². The molecule has 0 saturated heterocycles. The molecule has 2 bridgehead atoms. The minimum atomic E-state index is -6.09. The zero-order valence-corrected chi connectivity index (χ0v) is 29.7. The molecule has 10 N–H and O–H groups in total. The number of carbonyl (C=O) groups is 6. The summed E-state index contributed by atoms with van der Waals surface area (Å²) in [5.41, 5.74) is 6.34. The number of fused-ring (bicyclic) bond motifs is 2. The lowest BCUT2D eigenvalue weighted by Gasteiger charge is -2.19. The van der Waals surface area contributed by atoms with E-state index in [9.17, 15) is 41.9 Å². The Morgan fingerprint density at radius 2 is 1.40 bits per heavy atom. The van der Waals surface area contributed by atoms with Crippen LogP contribution in [0.1, 0.15) is 28.8 Å². The van der Waals surface area contributed by atoms with Crippen molar-refractivity contribution in [2.75, 3.05) is 44.3 Å². The van der Waals surface area contributed by atoms with Crippen molar-refractivity contribution in [3.05, 3.63) is 59.7 Å². The summed E-state index contributed by atoms with van der Waals surface area (Å²) in [5.74, 6) is -3.30. The first-order chi connectivity index (χ1) is 24.8. The smallest absolute Gasteiger partial charge is 0.485 e. The van der Waals surface area contributed by atoms with Crippen LogP contribution in [-0.4, -0.2) is 105 Å². The molecule has 23 heteroatoms. The maximum atomic E-state index is 13.3. The zero-order valence-electron chi connectivity index (χ0n) is 28.1. The number of aliphatic imine (C=N–C) groups is 1. The number of hydrogen-bond donors (Lipinski definition) is 8. The van der Waals surface area contributed by atoms with E-state index in [0.717, 1.165) is 4.90 Å². The highest BCUT2D eigenvalue weighted by molar-refractivity contribution is 7.95. The highest BCUT2D eigenvalue weighted by Gasteiger charge is 2.37. The number of nitrogens with one attached hydrogen (secondary N) is 6. The summed E-state index contributed by atoms with van der Waals surface area (Å²) in [4.78, 5) is 80.8. The second kappa shape index (κ2) is 20.6. The van der Waals surface area contributed by atoms with E-state index in [2.05, 4.69) is 43.1 Å². The number of halogens is 3. The Morgan fingerprint density at radius 3 is 1.92 bits per heavy atom. The highest BCUT2D eigenvalue weighted by atomic mass is 32.2. The number of alkyl halides is 3. The number of hydrogen-bond acceptors (Lipinski definition) is 10. The van der Waals surface area contributed by atoms with Crippen LogP contribution in [0.25, 0.3) is 0 Å². The van der Waals surface area contributed by atoms with Gasteiger partial charge in [0, 0.05) is 34.3 Å². The third-order valence-corrected chi connectivity index (χ3v) is 9.16. The quantitative estimate of drug-likeness (QED) is 0.0383. The molecule has 1 aliphatic rings. The minimum absolute atomic E-state index is 0.111. The monoisotopic (exact) mass is 789 g/mol. The summed E-state index contributed by atoms with van der Waals surface area (Å²) in [6.45, 7) is -1.52. The predicted molar refractivity (Wildman–Crippen MR) is 186 cm³/mol. The molecule has 0 aliphatic carbocycles. The number of nitrogens with zero attached hydrogens (tertiary/aromatic N) is 1. The molecule has 290 valence electrons. The van der Waals surface area contributed by atoms with E-state index in [1.54, 1.807) is 12.1 Å². The third kappa shape index (κ3) is 16.2. The predicted octanol–water partition coefficient (Wildman–Crippen LogP) is -1.89. The summed E-state index contributed by atoms with van der Waals surface area (Å²) in [5, 5.41) is 15.0. The summed E-state index contributed by atoms with van der Waals surface area (Å²) in [6.07, 6.45) is 2.56. The Labute approximate surface area is 304 Å². The van der Waals surface area contributed by atoms with Gasteiger partial charge in [-0.1, -0.05) is 24.3 Å².